The van der Waals surface area contributed by atoms with Gasteiger partial charge in [-0.25, -0.2) is 18.7 Å². The molecule has 6 heteroatoms. The second-order valence-electron chi connectivity index (χ2n) is 7.11. The van der Waals surface area contributed by atoms with E-state index in [0.717, 1.165) is 30.3 Å². The minimum atomic E-state index is -0.531. The lowest BCUT2D eigenvalue weighted by Gasteiger charge is -2.29. The maximum absolute atomic E-state index is 14.8. The number of hydrogen-bond donors (Lipinski definition) is 0. The standard InChI is InChI=1S/C20H22F2N4/c1-13(2)26-9-6-15-18(23-12-24-20(15)26)14-10-16(21)19(17(22)11-14)25-7-4-3-5-8-25/h6,9-13H,3-5,7-8H2,1-2H3. The van der Waals surface area contributed by atoms with E-state index in [4.69, 9.17) is 0 Å². The first-order valence-electron chi connectivity index (χ1n) is 9.12. The van der Waals surface area contributed by atoms with Gasteiger partial charge in [0.1, 0.15) is 29.3 Å². The molecule has 1 aromatic carbocycles. The highest BCUT2D eigenvalue weighted by molar-refractivity contribution is 5.91. The summed E-state index contributed by atoms with van der Waals surface area (Å²) in [6.45, 7) is 5.52. The number of hydrogen-bond acceptors (Lipinski definition) is 3. The van der Waals surface area contributed by atoms with Crippen LogP contribution in [0, 0.1) is 11.6 Å². The molecule has 0 amide bonds. The first-order chi connectivity index (χ1) is 12.6. The molecule has 4 nitrogen and oxygen atoms in total. The SMILES string of the molecule is CC(C)n1ccc2c(-c3cc(F)c(N4CCCCC4)c(F)c3)ncnc21. The summed E-state index contributed by atoms with van der Waals surface area (Å²) in [6.07, 6.45) is 6.43. The van der Waals surface area contributed by atoms with Gasteiger partial charge in [-0.1, -0.05) is 0 Å². The number of halogens is 2. The highest BCUT2D eigenvalue weighted by Crippen LogP contribution is 2.33. The van der Waals surface area contributed by atoms with Gasteiger partial charge in [-0.2, -0.15) is 0 Å². The zero-order chi connectivity index (χ0) is 18.3. The van der Waals surface area contributed by atoms with Gasteiger partial charge in [0.15, 0.2) is 0 Å². The molecule has 0 N–H and O–H groups in total. The van der Waals surface area contributed by atoms with Crippen LogP contribution < -0.4 is 4.90 Å². The normalized spacial score (nSPS) is 15.2. The highest BCUT2D eigenvalue weighted by atomic mass is 19.1. The summed E-state index contributed by atoms with van der Waals surface area (Å²) in [4.78, 5) is 10.5. The largest absolute Gasteiger partial charge is 0.367 e. The smallest absolute Gasteiger partial charge is 0.150 e. The maximum atomic E-state index is 14.8. The van der Waals surface area contributed by atoms with Crippen LogP contribution >= 0.6 is 0 Å². The average Bonchev–Trinajstić information content (AvgIpc) is 3.06. The van der Waals surface area contributed by atoms with Crippen molar-refractivity contribution in [3.05, 3.63) is 42.4 Å². The van der Waals surface area contributed by atoms with Crippen LogP contribution in [0.2, 0.25) is 0 Å². The lowest BCUT2D eigenvalue weighted by atomic mass is 10.1. The van der Waals surface area contributed by atoms with Gasteiger partial charge in [0.25, 0.3) is 0 Å². The third kappa shape index (κ3) is 2.83. The van der Waals surface area contributed by atoms with Crippen LogP contribution in [0.1, 0.15) is 39.2 Å². The minimum absolute atomic E-state index is 0.0819. The number of anilines is 1. The summed E-state index contributed by atoms with van der Waals surface area (Å²) in [6, 6.07) is 4.92. The predicted octanol–water partition coefficient (Wildman–Crippen LogP) is 4.95. The zero-order valence-electron chi connectivity index (χ0n) is 15.0. The summed E-state index contributed by atoms with van der Waals surface area (Å²) in [5.74, 6) is -1.06. The molecule has 0 bridgehead atoms. The molecule has 1 saturated heterocycles. The Labute approximate surface area is 151 Å². The summed E-state index contributed by atoms with van der Waals surface area (Å²) in [5.41, 5.74) is 1.84. The molecule has 1 aliphatic heterocycles. The van der Waals surface area contributed by atoms with Crippen LogP contribution in [0.3, 0.4) is 0 Å². The van der Waals surface area contributed by atoms with Gasteiger partial charge in [0, 0.05) is 36.3 Å². The fourth-order valence-electron chi connectivity index (χ4n) is 3.74. The number of piperidine rings is 1. The monoisotopic (exact) mass is 356 g/mol. The Balaban J connectivity index is 1.80. The van der Waals surface area contributed by atoms with E-state index in [1.165, 1.54) is 18.5 Å². The molecule has 0 atom stereocenters. The van der Waals surface area contributed by atoms with Gasteiger partial charge in [0.2, 0.25) is 0 Å². The molecular weight excluding hydrogens is 334 g/mol. The molecule has 0 radical (unpaired) electrons. The minimum Gasteiger partial charge on any atom is -0.367 e. The molecule has 1 aliphatic rings. The van der Waals surface area contributed by atoms with Crippen LogP contribution in [0.25, 0.3) is 22.3 Å². The maximum Gasteiger partial charge on any atom is 0.150 e. The van der Waals surface area contributed by atoms with Crippen molar-refractivity contribution in [2.45, 2.75) is 39.2 Å². The van der Waals surface area contributed by atoms with Gasteiger partial charge in [-0.05, 0) is 51.3 Å². The van der Waals surface area contributed by atoms with Crippen LogP contribution in [-0.2, 0) is 0 Å². The molecule has 4 rings (SSSR count). The number of nitrogens with zero attached hydrogens (tertiary/aromatic N) is 4. The van der Waals surface area contributed by atoms with E-state index >= 15 is 0 Å². The van der Waals surface area contributed by atoms with Crippen molar-refractivity contribution in [1.82, 2.24) is 14.5 Å². The topological polar surface area (TPSA) is 34.0 Å². The fraction of sp³-hybridized carbons (Fsp3) is 0.400. The van der Waals surface area contributed by atoms with Gasteiger partial charge >= 0.3 is 0 Å². The van der Waals surface area contributed by atoms with E-state index in [1.807, 2.05) is 21.7 Å². The summed E-state index contributed by atoms with van der Waals surface area (Å²) in [7, 11) is 0. The molecule has 3 heterocycles. The van der Waals surface area contributed by atoms with Crippen LogP contribution in [0.15, 0.2) is 30.7 Å². The summed E-state index contributed by atoms with van der Waals surface area (Å²) >= 11 is 0. The van der Waals surface area contributed by atoms with E-state index in [9.17, 15) is 8.78 Å². The Morgan fingerprint density at radius 3 is 2.35 bits per heavy atom. The lowest BCUT2D eigenvalue weighted by Crippen LogP contribution is -2.31. The van der Waals surface area contributed by atoms with Crippen molar-refractivity contribution in [1.29, 1.82) is 0 Å². The first-order valence-corrected chi connectivity index (χ1v) is 9.12. The average molecular weight is 356 g/mol. The van der Waals surface area contributed by atoms with Gasteiger partial charge < -0.3 is 9.47 Å². The van der Waals surface area contributed by atoms with Crippen LogP contribution in [0.5, 0.6) is 0 Å². The molecule has 0 spiro atoms. The second-order valence-corrected chi connectivity index (χ2v) is 7.11. The predicted molar refractivity (Wildman–Crippen MR) is 99.3 cm³/mol. The van der Waals surface area contributed by atoms with Gasteiger partial charge in [-0.15, -0.1) is 0 Å². The molecule has 0 unspecified atom stereocenters. The van der Waals surface area contributed by atoms with Crippen molar-refractivity contribution in [3.63, 3.8) is 0 Å². The van der Waals surface area contributed by atoms with E-state index in [1.54, 1.807) is 0 Å². The zero-order valence-corrected chi connectivity index (χ0v) is 15.0. The van der Waals surface area contributed by atoms with E-state index < -0.39 is 11.6 Å². The molecule has 0 aliphatic carbocycles. The van der Waals surface area contributed by atoms with Crippen LogP contribution in [-0.4, -0.2) is 27.6 Å². The number of rotatable bonds is 3. The van der Waals surface area contributed by atoms with E-state index in [2.05, 4.69) is 23.8 Å². The molecule has 2 aromatic heterocycles. The van der Waals surface area contributed by atoms with Crippen molar-refractivity contribution in [2.24, 2.45) is 0 Å². The fourth-order valence-corrected chi connectivity index (χ4v) is 3.74. The van der Waals surface area contributed by atoms with Crippen LogP contribution in [0.4, 0.5) is 14.5 Å². The molecule has 26 heavy (non-hydrogen) atoms. The Morgan fingerprint density at radius 2 is 1.69 bits per heavy atom. The quantitative estimate of drug-likeness (QED) is 0.666. The second kappa shape index (κ2) is 6.67. The summed E-state index contributed by atoms with van der Waals surface area (Å²) in [5, 5.41) is 0.797. The number of fused-ring (bicyclic) bond motifs is 1. The van der Waals surface area contributed by atoms with E-state index in [-0.39, 0.29) is 11.7 Å². The Morgan fingerprint density at radius 1 is 1.00 bits per heavy atom. The Bertz CT molecular complexity index is 919. The molecular formula is C20H22F2N4. The number of benzene rings is 1. The first kappa shape index (κ1) is 16.9. The molecule has 3 aromatic rings. The number of aromatic nitrogens is 3. The molecule has 0 saturated carbocycles. The molecule has 136 valence electrons. The Kier molecular flexibility index (Phi) is 4.34. The van der Waals surface area contributed by atoms with Crippen molar-refractivity contribution in [3.8, 4) is 11.3 Å². The molecule has 1 fully saturated rings. The van der Waals surface area contributed by atoms with Crippen molar-refractivity contribution < 1.29 is 8.78 Å². The van der Waals surface area contributed by atoms with Gasteiger partial charge in [0.05, 0.1) is 5.69 Å². The summed E-state index contributed by atoms with van der Waals surface area (Å²) < 4.78 is 31.6. The third-order valence-corrected chi connectivity index (χ3v) is 5.03. The Hall–Kier alpha value is -2.50. The van der Waals surface area contributed by atoms with Crippen molar-refractivity contribution >= 4 is 16.7 Å². The van der Waals surface area contributed by atoms with E-state index in [0.29, 0.717) is 24.3 Å². The van der Waals surface area contributed by atoms with Gasteiger partial charge in [-0.3, -0.25) is 0 Å². The lowest BCUT2D eigenvalue weighted by molar-refractivity contribution is 0.531. The third-order valence-electron chi connectivity index (χ3n) is 5.03. The highest BCUT2D eigenvalue weighted by Gasteiger charge is 2.21. The van der Waals surface area contributed by atoms with Crippen molar-refractivity contribution in [2.75, 3.05) is 18.0 Å².